The van der Waals surface area contributed by atoms with Crippen molar-refractivity contribution in [3.05, 3.63) is 47.3 Å². The average Bonchev–Trinajstić information content (AvgIpc) is 3.03. The van der Waals surface area contributed by atoms with E-state index in [-0.39, 0.29) is 17.6 Å². The van der Waals surface area contributed by atoms with Gasteiger partial charge in [-0.25, -0.2) is 0 Å². The molecule has 1 N–H and O–H groups in total. The van der Waals surface area contributed by atoms with E-state index < -0.39 is 0 Å². The second-order valence-electron chi connectivity index (χ2n) is 5.61. The van der Waals surface area contributed by atoms with Gasteiger partial charge < -0.3 is 4.90 Å². The van der Waals surface area contributed by atoms with Crippen LogP contribution in [0.5, 0.6) is 0 Å². The van der Waals surface area contributed by atoms with Crippen molar-refractivity contribution >= 4 is 17.2 Å². The molecule has 0 bridgehead atoms. The number of rotatable bonds is 2. The molecule has 1 aromatic carbocycles. The quantitative estimate of drug-likeness (QED) is 0.919. The molecular formula is C16H16N2OS. The summed E-state index contributed by atoms with van der Waals surface area (Å²) in [5.41, 5.74) is 0.993. The van der Waals surface area contributed by atoms with Gasteiger partial charge in [0.15, 0.2) is 0 Å². The molecule has 102 valence electrons. The normalized spacial score (nSPS) is 23.6. The van der Waals surface area contributed by atoms with Crippen molar-refractivity contribution in [1.29, 1.82) is 0 Å². The lowest BCUT2D eigenvalue weighted by molar-refractivity contribution is -0.129. The van der Waals surface area contributed by atoms with Gasteiger partial charge in [-0.3, -0.25) is 10.1 Å². The number of likely N-dealkylation sites (N-methyl/N-ethyl adjacent to an activating group) is 1. The summed E-state index contributed by atoms with van der Waals surface area (Å²) in [7, 11) is 1.90. The fourth-order valence-corrected chi connectivity index (χ4v) is 3.99. The summed E-state index contributed by atoms with van der Waals surface area (Å²) < 4.78 is 0. The van der Waals surface area contributed by atoms with Crippen LogP contribution in [0, 0.1) is 0 Å². The zero-order valence-corrected chi connectivity index (χ0v) is 12.1. The predicted octanol–water partition coefficient (Wildman–Crippen LogP) is 3.01. The van der Waals surface area contributed by atoms with E-state index in [4.69, 9.17) is 0 Å². The maximum Gasteiger partial charge on any atom is 0.244 e. The van der Waals surface area contributed by atoms with Crippen LogP contribution < -0.4 is 5.32 Å². The van der Waals surface area contributed by atoms with Crippen LogP contribution >= 0.6 is 11.3 Å². The SMILES string of the molecule is CN1C(=O)C2(CC2)NC1c1ccc(-c2ccccc2)s1. The Morgan fingerprint density at radius 2 is 1.95 bits per heavy atom. The van der Waals surface area contributed by atoms with E-state index in [0.717, 1.165) is 12.8 Å². The van der Waals surface area contributed by atoms with E-state index in [1.54, 1.807) is 11.3 Å². The van der Waals surface area contributed by atoms with Crippen molar-refractivity contribution in [1.82, 2.24) is 10.2 Å². The predicted molar refractivity (Wildman–Crippen MR) is 80.4 cm³/mol. The Morgan fingerprint density at radius 1 is 1.20 bits per heavy atom. The van der Waals surface area contributed by atoms with Gasteiger partial charge >= 0.3 is 0 Å². The lowest BCUT2D eigenvalue weighted by Gasteiger charge is -2.17. The van der Waals surface area contributed by atoms with Gasteiger partial charge in [0.05, 0.1) is 0 Å². The number of benzene rings is 1. The van der Waals surface area contributed by atoms with E-state index in [1.807, 2.05) is 18.0 Å². The first-order valence-electron chi connectivity index (χ1n) is 6.90. The Kier molecular flexibility index (Phi) is 2.53. The van der Waals surface area contributed by atoms with Crippen LogP contribution in [0.1, 0.15) is 23.9 Å². The van der Waals surface area contributed by atoms with E-state index in [0.29, 0.717) is 0 Å². The number of thiophene rings is 1. The molecule has 1 aliphatic heterocycles. The third kappa shape index (κ3) is 1.72. The van der Waals surface area contributed by atoms with Crippen molar-refractivity contribution in [2.45, 2.75) is 24.5 Å². The maximum atomic E-state index is 12.2. The molecule has 2 fully saturated rings. The minimum Gasteiger partial charge on any atom is -0.324 e. The van der Waals surface area contributed by atoms with E-state index in [9.17, 15) is 4.79 Å². The number of carbonyl (C=O) groups is 1. The number of hydrogen-bond acceptors (Lipinski definition) is 3. The van der Waals surface area contributed by atoms with Crippen molar-refractivity contribution in [2.75, 3.05) is 7.05 Å². The standard InChI is InChI=1S/C16H16N2OS/c1-18-14(17-16(9-10-16)15(18)19)13-8-7-12(20-13)11-5-3-2-4-6-11/h2-8,14,17H,9-10H2,1H3. The lowest BCUT2D eigenvalue weighted by atomic mass is 10.2. The van der Waals surface area contributed by atoms with E-state index in [2.05, 4.69) is 41.7 Å². The molecule has 2 heterocycles. The highest BCUT2D eigenvalue weighted by Gasteiger charge is 2.58. The van der Waals surface area contributed by atoms with Gasteiger partial charge in [-0.15, -0.1) is 11.3 Å². The molecule has 1 aromatic heterocycles. The van der Waals surface area contributed by atoms with Crippen LogP contribution in [-0.2, 0) is 4.79 Å². The molecule has 4 heteroatoms. The second-order valence-corrected chi connectivity index (χ2v) is 6.73. The zero-order valence-electron chi connectivity index (χ0n) is 11.3. The topological polar surface area (TPSA) is 32.3 Å². The van der Waals surface area contributed by atoms with Crippen LogP contribution in [0.4, 0.5) is 0 Å². The smallest absolute Gasteiger partial charge is 0.244 e. The van der Waals surface area contributed by atoms with Crippen LogP contribution in [0.15, 0.2) is 42.5 Å². The molecule has 1 amide bonds. The fourth-order valence-electron chi connectivity index (χ4n) is 2.88. The molecule has 2 aromatic rings. The summed E-state index contributed by atoms with van der Waals surface area (Å²) in [5, 5.41) is 3.51. The molecule has 1 spiro atoms. The van der Waals surface area contributed by atoms with Crippen LogP contribution in [-0.4, -0.2) is 23.4 Å². The van der Waals surface area contributed by atoms with Gasteiger partial charge in [0, 0.05) is 16.8 Å². The van der Waals surface area contributed by atoms with Crippen LogP contribution in [0.3, 0.4) is 0 Å². The van der Waals surface area contributed by atoms with Crippen molar-refractivity contribution in [3.8, 4) is 10.4 Å². The summed E-state index contributed by atoms with van der Waals surface area (Å²) in [6.45, 7) is 0. The molecule has 1 unspecified atom stereocenters. The van der Waals surface area contributed by atoms with Crippen molar-refractivity contribution < 1.29 is 4.79 Å². The Hall–Kier alpha value is -1.65. The first-order chi connectivity index (χ1) is 9.70. The zero-order chi connectivity index (χ0) is 13.7. The second kappa shape index (κ2) is 4.17. The lowest BCUT2D eigenvalue weighted by Crippen LogP contribution is -2.30. The Labute approximate surface area is 122 Å². The highest BCUT2D eigenvalue weighted by molar-refractivity contribution is 7.15. The van der Waals surface area contributed by atoms with Gasteiger partial charge in [0.2, 0.25) is 5.91 Å². The third-order valence-corrected chi connectivity index (χ3v) is 5.42. The van der Waals surface area contributed by atoms with Gasteiger partial charge in [0.1, 0.15) is 11.7 Å². The molecular weight excluding hydrogens is 268 g/mol. The van der Waals surface area contributed by atoms with Gasteiger partial charge in [-0.1, -0.05) is 30.3 Å². The molecule has 4 rings (SSSR count). The monoisotopic (exact) mass is 284 g/mol. The van der Waals surface area contributed by atoms with E-state index in [1.165, 1.54) is 15.3 Å². The van der Waals surface area contributed by atoms with Crippen molar-refractivity contribution in [3.63, 3.8) is 0 Å². The van der Waals surface area contributed by atoms with Crippen molar-refractivity contribution in [2.24, 2.45) is 0 Å². The summed E-state index contributed by atoms with van der Waals surface area (Å²) in [6, 6.07) is 14.7. The molecule has 1 saturated carbocycles. The Balaban J connectivity index is 1.64. The molecule has 0 radical (unpaired) electrons. The Morgan fingerprint density at radius 3 is 2.60 bits per heavy atom. The third-order valence-electron chi connectivity index (χ3n) is 4.23. The number of nitrogens with one attached hydrogen (secondary N) is 1. The Bertz CT molecular complexity index is 660. The molecule has 1 saturated heterocycles. The molecule has 1 atom stereocenters. The number of hydrogen-bond donors (Lipinski definition) is 1. The number of amides is 1. The molecule has 20 heavy (non-hydrogen) atoms. The summed E-state index contributed by atoms with van der Waals surface area (Å²) >= 11 is 1.76. The summed E-state index contributed by atoms with van der Waals surface area (Å²) in [5.74, 6) is 0.247. The highest BCUT2D eigenvalue weighted by atomic mass is 32.1. The minimum atomic E-state index is -0.240. The number of carbonyl (C=O) groups excluding carboxylic acids is 1. The summed E-state index contributed by atoms with van der Waals surface area (Å²) in [6.07, 6.45) is 1.99. The molecule has 3 nitrogen and oxygen atoms in total. The number of nitrogens with zero attached hydrogens (tertiary/aromatic N) is 1. The van der Waals surface area contributed by atoms with Crippen LogP contribution in [0.2, 0.25) is 0 Å². The average molecular weight is 284 g/mol. The highest BCUT2D eigenvalue weighted by Crippen LogP contribution is 2.46. The summed E-state index contributed by atoms with van der Waals surface area (Å²) in [4.78, 5) is 16.5. The minimum absolute atomic E-state index is 0.0347. The van der Waals surface area contributed by atoms with Crippen LogP contribution in [0.25, 0.3) is 10.4 Å². The first-order valence-corrected chi connectivity index (χ1v) is 7.71. The fraction of sp³-hybridized carbons (Fsp3) is 0.312. The molecule has 1 aliphatic carbocycles. The maximum absolute atomic E-state index is 12.2. The van der Waals surface area contributed by atoms with Gasteiger partial charge in [-0.05, 0) is 30.5 Å². The van der Waals surface area contributed by atoms with Gasteiger partial charge in [-0.2, -0.15) is 0 Å². The van der Waals surface area contributed by atoms with E-state index >= 15 is 0 Å². The first kappa shape index (κ1) is 12.1. The molecule has 2 aliphatic rings. The largest absolute Gasteiger partial charge is 0.324 e. The van der Waals surface area contributed by atoms with Gasteiger partial charge in [0.25, 0.3) is 0 Å².